The Morgan fingerprint density at radius 3 is 3.00 bits per heavy atom. The molecule has 0 aliphatic carbocycles. The summed E-state index contributed by atoms with van der Waals surface area (Å²) in [6.07, 6.45) is 1.27. The average Bonchev–Trinajstić information content (AvgIpc) is 2.29. The summed E-state index contributed by atoms with van der Waals surface area (Å²) in [5.41, 5.74) is 5.50. The van der Waals surface area contributed by atoms with Gasteiger partial charge in [0.1, 0.15) is 6.04 Å². The van der Waals surface area contributed by atoms with Crippen molar-refractivity contribution in [1.82, 2.24) is 10.2 Å². The van der Waals surface area contributed by atoms with Crippen LogP contribution in [0.25, 0.3) is 0 Å². The maximum atomic E-state index is 11.9. The molecule has 0 aromatic carbocycles. The van der Waals surface area contributed by atoms with Gasteiger partial charge in [-0.1, -0.05) is 6.92 Å². The molecule has 0 aromatic heterocycles. The topological polar surface area (TPSA) is 75.4 Å². The number of piperazine rings is 1. The second kappa shape index (κ2) is 5.84. The summed E-state index contributed by atoms with van der Waals surface area (Å²) in [6, 6.07) is -0.338. The molecule has 2 amide bonds. The van der Waals surface area contributed by atoms with Gasteiger partial charge in [-0.3, -0.25) is 9.59 Å². The third-order valence-electron chi connectivity index (χ3n) is 3.07. The molecule has 1 aliphatic heterocycles. The van der Waals surface area contributed by atoms with Crippen LogP contribution in [0.2, 0.25) is 0 Å². The fourth-order valence-corrected chi connectivity index (χ4v) is 1.75. The van der Waals surface area contributed by atoms with Crippen molar-refractivity contribution in [1.29, 1.82) is 0 Å². The first-order chi connectivity index (χ1) is 7.56. The summed E-state index contributed by atoms with van der Waals surface area (Å²) in [5, 5.41) is 2.74. The first-order valence-electron chi connectivity index (χ1n) is 5.83. The average molecular weight is 227 g/mol. The van der Waals surface area contributed by atoms with Gasteiger partial charge in [-0.25, -0.2) is 0 Å². The predicted octanol–water partition coefficient (Wildman–Crippen LogP) is -0.292. The molecule has 1 saturated heterocycles. The Morgan fingerprint density at radius 2 is 2.38 bits per heavy atom. The standard InChI is InChI=1S/C11H21N3O2/c1-8(7-12)3-4-10(15)14-6-5-13-11(16)9(14)2/h8-9H,3-7,12H2,1-2H3,(H,13,16). The van der Waals surface area contributed by atoms with Gasteiger partial charge in [0.2, 0.25) is 11.8 Å². The van der Waals surface area contributed by atoms with Crippen LogP contribution in [0.4, 0.5) is 0 Å². The summed E-state index contributed by atoms with van der Waals surface area (Å²) >= 11 is 0. The van der Waals surface area contributed by atoms with E-state index in [0.717, 1.165) is 6.42 Å². The van der Waals surface area contributed by atoms with E-state index < -0.39 is 0 Å². The van der Waals surface area contributed by atoms with Gasteiger partial charge in [0.25, 0.3) is 0 Å². The molecule has 0 radical (unpaired) electrons. The summed E-state index contributed by atoms with van der Waals surface area (Å²) in [5.74, 6) is 0.354. The van der Waals surface area contributed by atoms with Crippen molar-refractivity contribution in [2.24, 2.45) is 11.7 Å². The van der Waals surface area contributed by atoms with Crippen LogP contribution in [0, 0.1) is 5.92 Å². The molecule has 0 bridgehead atoms. The zero-order valence-corrected chi connectivity index (χ0v) is 10.0. The van der Waals surface area contributed by atoms with Gasteiger partial charge in [0.15, 0.2) is 0 Å². The molecule has 0 saturated carbocycles. The molecule has 2 unspecified atom stereocenters. The lowest BCUT2D eigenvalue weighted by Crippen LogP contribution is -2.55. The fourth-order valence-electron chi connectivity index (χ4n) is 1.75. The number of nitrogens with two attached hydrogens (primary N) is 1. The number of nitrogens with one attached hydrogen (secondary N) is 1. The number of amides is 2. The van der Waals surface area contributed by atoms with E-state index in [4.69, 9.17) is 5.73 Å². The third-order valence-corrected chi connectivity index (χ3v) is 3.07. The van der Waals surface area contributed by atoms with E-state index >= 15 is 0 Å². The van der Waals surface area contributed by atoms with E-state index in [1.54, 1.807) is 11.8 Å². The maximum Gasteiger partial charge on any atom is 0.242 e. The lowest BCUT2D eigenvalue weighted by Gasteiger charge is -2.33. The molecule has 3 N–H and O–H groups in total. The van der Waals surface area contributed by atoms with E-state index in [9.17, 15) is 9.59 Å². The van der Waals surface area contributed by atoms with Gasteiger partial charge in [-0.15, -0.1) is 0 Å². The largest absolute Gasteiger partial charge is 0.353 e. The summed E-state index contributed by atoms with van der Waals surface area (Å²) in [6.45, 7) is 5.56. The smallest absolute Gasteiger partial charge is 0.242 e. The normalized spacial score (nSPS) is 22.8. The fraction of sp³-hybridized carbons (Fsp3) is 0.818. The van der Waals surface area contributed by atoms with E-state index in [1.165, 1.54) is 0 Å². The zero-order valence-electron chi connectivity index (χ0n) is 10.0. The minimum Gasteiger partial charge on any atom is -0.353 e. The molecule has 0 spiro atoms. The van der Waals surface area contributed by atoms with Gasteiger partial charge in [0, 0.05) is 19.5 Å². The van der Waals surface area contributed by atoms with Crippen molar-refractivity contribution in [3.8, 4) is 0 Å². The summed E-state index contributed by atoms with van der Waals surface area (Å²) in [4.78, 5) is 24.9. The van der Waals surface area contributed by atoms with Crippen molar-refractivity contribution < 1.29 is 9.59 Å². The first kappa shape index (κ1) is 13.0. The number of rotatable bonds is 4. The minimum absolute atomic E-state index is 0.0580. The van der Waals surface area contributed by atoms with Crippen LogP contribution in [0.15, 0.2) is 0 Å². The van der Waals surface area contributed by atoms with Crippen molar-refractivity contribution in [2.45, 2.75) is 32.7 Å². The molecule has 0 aromatic rings. The van der Waals surface area contributed by atoms with Crippen molar-refractivity contribution >= 4 is 11.8 Å². The van der Waals surface area contributed by atoms with Gasteiger partial charge in [0.05, 0.1) is 0 Å². The van der Waals surface area contributed by atoms with Crippen LogP contribution < -0.4 is 11.1 Å². The number of hydrogen-bond acceptors (Lipinski definition) is 3. The second-order valence-corrected chi connectivity index (χ2v) is 4.43. The van der Waals surface area contributed by atoms with Gasteiger partial charge in [-0.2, -0.15) is 0 Å². The van der Waals surface area contributed by atoms with Crippen molar-refractivity contribution in [3.05, 3.63) is 0 Å². The van der Waals surface area contributed by atoms with E-state index in [-0.39, 0.29) is 17.9 Å². The Kier molecular flexibility index (Phi) is 4.73. The van der Waals surface area contributed by atoms with E-state index in [1.807, 2.05) is 6.92 Å². The molecule has 1 aliphatic rings. The number of carbonyl (C=O) groups is 2. The van der Waals surface area contributed by atoms with Crippen LogP contribution in [0.5, 0.6) is 0 Å². The molecule has 1 heterocycles. The Morgan fingerprint density at radius 1 is 1.69 bits per heavy atom. The minimum atomic E-state index is -0.338. The maximum absolute atomic E-state index is 11.9. The SMILES string of the molecule is CC(CN)CCC(=O)N1CCNC(=O)C1C. The Balaban J connectivity index is 2.43. The first-order valence-corrected chi connectivity index (χ1v) is 5.83. The highest BCUT2D eigenvalue weighted by Crippen LogP contribution is 2.10. The van der Waals surface area contributed by atoms with Crippen molar-refractivity contribution in [3.63, 3.8) is 0 Å². The quantitative estimate of drug-likeness (QED) is 0.693. The molecule has 2 atom stereocenters. The van der Waals surface area contributed by atoms with Crippen LogP contribution in [0.3, 0.4) is 0 Å². The van der Waals surface area contributed by atoms with Crippen molar-refractivity contribution in [2.75, 3.05) is 19.6 Å². The van der Waals surface area contributed by atoms with Gasteiger partial charge in [-0.05, 0) is 25.8 Å². The number of carbonyl (C=O) groups excluding carboxylic acids is 2. The summed E-state index contributed by atoms with van der Waals surface area (Å²) < 4.78 is 0. The van der Waals surface area contributed by atoms with Crippen LogP contribution >= 0.6 is 0 Å². The van der Waals surface area contributed by atoms with Gasteiger partial charge >= 0.3 is 0 Å². The lowest BCUT2D eigenvalue weighted by atomic mass is 10.0. The molecule has 5 heteroatoms. The Hall–Kier alpha value is -1.10. The molecule has 92 valence electrons. The highest BCUT2D eigenvalue weighted by Gasteiger charge is 2.28. The zero-order chi connectivity index (χ0) is 12.1. The highest BCUT2D eigenvalue weighted by molar-refractivity contribution is 5.88. The molecule has 1 fully saturated rings. The van der Waals surface area contributed by atoms with E-state index in [2.05, 4.69) is 5.32 Å². The Bertz CT molecular complexity index is 268. The van der Waals surface area contributed by atoms with Crippen LogP contribution in [-0.2, 0) is 9.59 Å². The highest BCUT2D eigenvalue weighted by atomic mass is 16.2. The van der Waals surface area contributed by atoms with Gasteiger partial charge < -0.3 is 16.0 Å². The molecular formula is C11H21N3O2. The second-order valence-electron chi connectivity index (χ2n) is 4.43. The molecule has 16 heavy (non-hydrogen) atoms. The summed E-state index contributed by atoms with van der Waals surface area (Å²) in [7, 11) is 0. The Labute approximate surface area is 96.4 Å². The van der Waals surface area contributed by atoms with Crippen LogP contribution in [0.1, 0.15) is 26.7 Å². The van der Waals surface area contributed by atoms with Crippen LogP contribution in [-0.4, -0.2) is 42.4 Å². The number of hydrogen-bond donors (Lipinski definition) is 2. The molecule has 1 rings (SSSR count). The molecule has 5 nitrogen and oxygen atoms in total. The third kappa shape index (κ3) is 3.20. The predicted molar refractivity (Wildman–Crippen MR) is 61.6 cm³/mol. The number of nitrogens with zero attached hydrogens (tertiary/aromatic N) is 1. The lowest BCUT2D eigenvalue weighted by molar-refractivity contribution is -0.142. The van der Waals surface area contributed by atoms with E-state index in [0.29, 0.717) is 32.0 Å². The monoisotopic (exact) mass is 227 g/mol. The molecular weight excluding hydrogens is 206 g/mol.